The molecule has 6 nitrogen and oxygen atoms in total. The first-order valence-electron chi connectivity index (χ1n) is 6.00. The van der Waals surface area contributed by atoms with Gasteiger partial charge in [-0.1, -0.05) is 0 Å². The molecule has 0 spiro atoms. The summed E-state index contributed by atoms with van der Waals surface area (Å²) in [4.78, 5) is 23.1. The van der Waals surface area contributed by atoms with Gasteiger partial charge in [-0.25, -0.2) is 0 Å². The summed E-state index contributed by atoms with van der Waals surface area (Å²) in [5.74, 6) is 0. The molecule has 6 heteroatoms. The molecule has 1 heterocycles. The molecule has 0 saturated carbocycles. The summed E-state index contributed by atoms with van der Waals surface area (Å²) in [5, 5.41) is 8.65. The first kappa shape index (κ1) is 12.4. The number of rotatable bonds is 5. The van der Waals surface area contributed by atoms with Gasteiger partial charge < -0.3 is 11.1 Å². The van der Waals surface area contributed by atoms with Crippen molar-refractivity contribution in [3.8, 4) is 0 Å². The largest absolute Gasteiger partial charge is 0.385 e. The Hall–Kier alpha value is -2.08. The second-order valence-electron chi connectivity index (χ2n) is 4.16. The first-order chi connectivity index (χ1) is 8.72. The van der Waals surface area contributed by atoms with E-state index in [1.807, 2.05) is 0 Å². The van der Waals surface area contributed by atoms with Crippen LogP contribution in [-0.2, 0) is 0 Å². The maximum Gasteiger partial charge on any atom is 0.270 e. The summed E-state index contributed by atoms with van der Waals surface area (Å²) in [6.45, 7) is 1.76. The minimum absolute atomic E-state index is 0.284. The van der Waals surface area contributed by atoms with Gasteiger partial charge >= 0.3 is 0 Å². The summed E-state index contributed by atoms with van der Waals surface area (Å²) in [5.41, 5.74) is 4.06. The van der Waals surface area contributed by atoms with Crippen LogP contribution in [0.15, 0.2) is 27.8 Å². The molecule has 0 radical (unpaired) electrons. The van der Waals surface area contributed by atoms with Crippen molar-refractivity contribution in [2.24, 2.45) is 0 Å². The maximum absolute atomic E-state index is 11.6. The molecular formula is C12H17N4O2+. The van der Waals surface area contributed by atoms with Gasteiger partial charge in [0.05, 0.1) is 17.3 Å². The van der Waals surface area contributed by atoms with Crippen LogP contribution in [0.2, 0.25) is 0 Å². The van der Waals surface area contributed by atoms with Crippen molar-refractivity contribution < 1.29 is 5.73 Å². The molecule has 0 fully saturated rings. The summed E-state index contributed by atoms with van der Waals surface area (Å²) >= 11 is 0. The lowest BCUT2D eigenvalue weighted by molar-refractivity contribution is -0.368. The number of H-pyrrole nitrogens is 2. The van der Waals surface area contributed by atoms with Crippen LogP contribution in [0.1, 0.15) is 12.8 Å². The summed E-state index contributed by atoms with van der Waals surface area (Å²) < 4.78 is 0. The highest BCUT2D eigenvalue weighted by Crippen LogP contribution is 2.12. The van der Waals surface area contributed by atoms with E-state index in [9.17, 15) is 9.59 Å². The molecular weight excluding hydrogens is 232 g/mol. The lowest BCUT2D eigenvalue weighted by atomic mass is 10.1. The molecule has 0 amide bonds. The van der Waals surface area contributed by atoms with Gasteiger partial charge in [0, 0.05) is 12.2 Å². The Labute approximate surface area is 103 Å². The third-order valence-electron chi connectivity index (χ3n) is 2.80. The second-order valence-corrected chi connectivity index (χ2v) is 4.16. The van der Waals surface area contributed by atoms with Gasteiger partial charge in [-0.2, -0.15) is 0 Å². The van der Waals surface area contributed by atoms with Gasteiger partial charge in [0.2, 0.25) is 0 Å². The third-order valence-corrected chi connectivity index (χ3v) is 2.80. The predicted molar refractivity (Wildman–Crippen MR) is 70.7 cm³/mol. The zero-order chi connectivity index (χ0) is 13.0. The number of quaternary nitrogens is 1. The normalized spacial score (nSPS) is 10.7. The lowest BCUT2D eigenvalue weighted by Gasteiger charge is -2.06. The van der Waals surface area contributed by atoms with Crippen molar-refractivity contribution in [3.63, 3.8) is 0 Å². The number of aromatic nitrogens is 2. The smallest absolute Gasteiger partial charge is 0.270 e. The molecule has 96 valence electrons. The average molecular weight is 249 g/mol. The van der Waals surface area contributed by atoms with Crippen LogP contribution >= 0.6 is 0 Å². The Balaban J connectivity index is 2.25. The van der Waals surface area contributed by atoms with E-state index in [0.717, 1.165) is 31.6 Å². The number of fused-ring (bicyclic) bond motifs is 1. The topological polar surface area (TPSA) is 105 Å². The summed E-state index contributed by atoms with van der Waals surface area (Å²) in [6.07, 6.45) is 2.11. The van der Waals surface area contributed by atoms with Crippen LogP contribution in [0.4, 0.5) is 5.69 Å². The standard InChI is InChI=1S/C12H16N4O2/c13-5-1-2-6-14-8-3-4-9-10(7-8)12(18)16-15-11(9)17/h3-4,7,14H,1-2,5-6,13H2,(H,15,17)(H,16,18)/p+1. The second kappa shape index (κ2) is 5.50. The monoisotopic (exact) mass is 249 g/mol. The zero-order valence-corrected chi connectivity index (χ0v) is 10.1. The molecule has 2 rings (SSSR count). The Kier molecular flexibility index (Phi) is 3.78. The van der Waals surface area contributed by atoms with E-state index in [-0.39, 0.29) is 11.1 Å². The molecule has 1 aromatic heterocycles. The molecule has 18 heavy (non-hydrogen) atoms. The average Bonchev–Trinajstić information content (AvgIpc) is 2.39. The van der Waals surface area contributed by atoms with Crippen molar-refractivity contribution in [2.75, 3.05) is 18.4 Å². The van der Waals surface area contributed by atoms with Gasteiger partial charge in [-0.15, -0.1) is 0 Å². The van der Waals surface area contributed by atoms with Crippen molar-refractivity contribution in [1.82, 2.24) is 10.2 Å². The number of hydrogen-bond acceptors (Lipinski definition) is 3. The minimum atomic E-state index is -0.286. The van der Waals surface area contributed by atoms with Crippen LogP contribution in [0, 0.1) is 0 Å². The fraction of sp³-hybridized carbons (Fsp3) is 0.333. The Morgan fingerprint density at radius 3 is 2.50 bits per heavy atom. The Bertz CT molecular complexity index is 644. The molecule has 1 aromatic carbocycles. The van der Waals surface area contributed by atoms with E-state index < -0.39 is 0 Å². The van der Waals surface area contributed by atoms with Crippen LogP contribution < -0.4 is 22.2 Å². The molecule has 0 aliphatic rings. The van der Waals surface area contributed by atoms with Gasteiger partial charge in [-0.05, 0) is 31.0 Å². The SMILES string of the molecule is [NH3+]CCCCNc1ccc2c(=O)[nH][nH]c(=O)c2c1. The van der Waals surface area contributed by atoms with E-state index in [1.54, 1.807) is 18.2 Å². The van der Waals surface area contributed by atoms with E-state index in [4.69, 9.17) is 0 Å². The highest BCUT2D eigenvalue weighted by Gasteiger charge is 2.03. The predicted octanol–water partition coefficient (Wildman–Crippen LogP) is -0.350. The maximum atomic E-state index is 11.6. The van der Waals surface area contributed by atoms with Crippen LogP contribution in [0.3, 0.4) is 0 Å². The Morgan fingerprint density at radius 2 is 1.78 bits per heavy atom. The van der Waals surface area contributed by atoms with Crippen LogP contribution in [-0.4, -0.2) is 23.3 Å². The summed E-state index contributed by atoms with van der Waals surface area (Å²) in [7, 11) is 0. The van der Waals surface area contributed by atoms with Gasteiger partial charge in [0.1, 0.15) is 0 Å². The van der Waals surface area contributed by atoms with E-state index >= 15 is 0 Å². The Morgan fingerprint density at radius 1 is 1.06 bits per heavy atom. The lowest BCUT2D eigenvalue weighted by Crippen LogP contribution is -2.50. The fourth-order valence-corrected chi connectivity index (χ4v) is 1.82. The zero-order valence-electron chi connectivity index (χ0n) is 10.1. The van der Waals surface area contributed by atoms with Gasteiger partial charge in [-0.3, -0.25) is 19.8 Å². The molecule has 0 aliphatic carbocycles. The molecule has 2 aromatic rings. The van der Waals surface area contributed by atoms with Crippen LogP contribution in [0.5, 0.6) is 0 Å². The minimum Gasteiger partial charge on any atom is -0.385 e. The van der Waals surface area contributed by atoms with Gasteiger partial charge in [0.25, 0.3) is 11.1 Å². The quantitative estimate of drug-likeness (QED) is 0.544. The molecule has 0 saturated heterocycles. The van der Waals surface area contributed by atoms with Crippen molar-refractivity contribution >= 4 is 16.5 Å². The van der Waals surface area contributed by atoms with Crippen molar-refractivity contribution in [2.45, 2.75) is 12.8 Å². The molecule has 6 N–H and O–H groups in total. The number of hydrogen-bond donors (Lipinski definition) is 4. The van der Waals surface area contributed by atoms with Crippen molar-refractivity contribution in [1.29, 1.82) is 0 Å². The van der Waals surface area contributed by atoms with Crippen LogP contribution in [0.25, 0.3) is 10.8 Å². The number of nitrogens with one attached hydrogen (secondary N) is 3. The number of benzene rings is 1. The molecule has 0 bridgehead atoms. The molecule has 0 unspecified atom stereocenters. The van der Waals surface area contributed by atoms with E-state index in [0.29, 0.717) is 10.8 Å². The fourth-order valence-electron chi connectivity index (χ4n) is 1.82. The molecule has 0 atom stereocenters. The number of aromatic amines is 2. The van der Waals surface area contributed by atoms with Gasteiger partial charge in [0.15, 0.2) is 0 Å². The third kappa shape index (κ3) is 2.60. The summed E-state index contributed by atoms with van der Waals surface area (Å²) in [6, 6.07) is 5.17. The van der Waals surface area contributed by atoms with E-state index in [2.05, 4.69) is 21.2 Å². The van der Waals surface area contributed by atoms with Crippen molar-refractivity contribution in [3.05, 3.63) is 38.9 Å². The number of unbranched alkanes of at least 4 members (excludes halogenated alkanes) is 1. The highest BCUT2D eigenvalue weighted by molar-refractivity contribution is 5.83. The highest BCUT2D eigenvalue weighted by atomic mass is 16.1. The first-order valence-corrected chi connectivity index (χ1v) is 6.00. The molecule has 0 aliphatic heterocycles. The van der Waals surface area contributed by atoms with E-state index in [1.165, 1.54) is 0 Å². The number of anilines is 1.